The van der Waals surface area contributed by atoms with Gasteiger partial charge < -0.3 is 18.9 Å². The zero-order valence-electron chi connectivity index (χ0n) is 20.9. The molecular weight excluding hydrogens is 492 g/mol. The first-order valence-electron chi connectivity index (χ1n) is 11.5. The molecule has 0 saturated heterocycles. The lowest BCUT2D eigenvalue weighted by Gasteiger charge is -2.14. The minimum Gasteiger partial charge on any atom is -0.493 e. The fraction of sp³-hybridized carbons (Fsp3) is 0.259. The molecule has 0 radical (unpaired) electrons. The lowest BCUT2D eigenvalue weighted by atomic mass is 10.1. The number of carbonyl (C=O) groups is 1. The third kappa shape index (κ3) is 7.81. The summed E-state index contributed by atoms with van der Waals surface area (Å²) in [6.07, 6.45) is 4.05. The van der Waals surface area contributed by atoms with E-state index in [0.29, 0.717) is 45.3 Å². The Bertz CT molecular complexity index is 1310. The molecule has 0 aliphatic rings. The molecule has 0 aliphatic carbocycles. The van der Waals surface area contributed by atoms with Crippen LogP contribution in [0.15, 0.2) is 54.6 Å². The van der Waals surface area contributed by atoms with Crippen molar-refractivity contribution >= 4 is 28.5 Å². The molecule has 192 valence electrons. The topological polar surface area (TPSA) is 116 Å². The van der Waals surface area contributed by atoms with Crippen LogP contribution in [0.4, 0.5) is 5.13 Å². The summed E-state index contributed by atoms with van der Waals surface area (Å²) >= 11 is 1.23. The van der Waals surface area contributed by atoms with Gasteiger partial charge in [-0.25, -0.2) is 0 Å². The number of aromatic nitrogens is 2. The maximum Gasteiger partial charge on any atom is 0.268 e. The van der Waals surface area contributed by atoms with Crippen LogP contribution in [-0.2, 0) is 11.2 Å². The Labute approximate surface area is 220 Å². The number of anilines is 1. The maximum absolute atomic E-state index is 12.5. The number of amides is 1. The first-order valence-corrected chi connectivity index (χ1v) is 12.3. The molecule has 0 fully saturated rings. The molecule has 1 amide bonds. The predicted molar refractivity (Wildman–Crippen MR) is 142 cm³/mol. The molecule has 0 atom stereocenters. The summed E-state index contributed by atoms with van der Waals surface area (Å²) in [5.41, 5.74) is 1.61. The van der Waals surface area contributed by atoms with E-state index >= 15 is 0 Å². The van der Waals surface area contributed by atoms with Crippen molar-refractivity contribution < 1.29 is 23.7 Å². The largest absolute Gasteiger partial charge is 0.493 e. The highest BCUT2D eigenvalue weighted by Gasteiger charge is 2.14. The van der Waals surface area contributed by atoms with Crippen molar-refractivity contribution in [3.63, 3.8) is 0 Å². The van der Waals surface area contributed by atoms with Gasteiger partial charge in [0.25, 0.3) is 5.91 Å². The second-order valence-corrected chi connectivity index (χ2v) is 8.75. The Morgan fingerprint density at radius 2 is 1.81 bits per heavy atom. The van der Waals surface area contributed by atoms with Gasteiger partial charge in [-0.05, 0) is 61.7 Å². The summed E-state index contributed by atoms with van der Waals surface area (Å²) in [6, 6.07) is 12.8. The number of benzene rings is 2. The number of nitrogens with zero attached hydrogens (tertiary/aromatic N) is 3. The molecule has 37 heavy (non-hydrogen) atoms. The van der Waals surface area contributed by atoms with Gasteiger partial charge in [-0.3, -0.25) is 10.1 Å². The molecule has 3 rings (SSSR count). The van der Waals surface area contributed by atoms with E-state index in [1.807, 2.05) is 37.3 Å². The zero-order chi connectivity index (χ0) is 26.6. The third-order valence-electron chi connectivity index (χ3n) is 4.90. The first-order chi connectivity index (χ1) is 18.0. The third-order valence-corrected chi connectivity index (χ3v) is 5.65. The Morgan fingerprint density at radius 1 is 1.08 bits per heavy atom. The van der Waals surface area contributed by atoms with Crippen LogP contribution in [0.2, 0.25) is 0 Å². The van der Waals surface area contributed by atoms with Crippen LogP contribution in [0.5, 0.6) is 23.0 Å². The van der Waals surface area contributed by atoms with Crippen molar-refractivity contribution in [3.8, 4) is 29.1 Å². The minimum atomic E-state index is -0.568. The summed E-state index contributed by atoms with van der Waals surface area (Å²) in [5.74, 6) is 1.70. The van der Waals surface area contributed by atoms with Crippen LogP contribution >= 0.6 is 11.3 Å². The summed E-state index contributed by atoms with van der Waals surface area (Å²) in [6.45, 7) is 8.35. The normalized spacial score (nSPS) is 10.8. The minimum absolute atomic E-state index is 0.0783. The van der Waals surface area contributed by atoms with Crippen LogP contribution in [0, 0.1) is 18.3 Å². The molecule has 3 aromatic rings. The van der Waals surface area contributed by atoms with Gasteiger partial charge in [0.2, 0.25) is 5.13 Å². The van der Waals surface area contributed by atoms with Crippen molar-refractivity contribution in [1.82, 2.24) is 10.2 Å². The second-order valence-electron chi connectivity index (χ2n) is 7.56. The number of allylic oxidation sites excluding steroid dienone is 1. The number of hydrogen-bond donors (Lipinski definition) is 1. The maximum atomic E-state index is 12.5. The molecule has 0 spiro atoms. The van der Waals surface area contributed by atoms with E-state index in [1.54, 1.807) is 32.2 Å². The number of rotatable bonds is 13. The van der Waals surface area contributed by atoms with E-state index in [4.69, 9.17) is 18.9 Å². The quantitative estimate of drug-likeness (QED) is 0.145. The molecule has 1 N–H and O–H groups in total. The highest BCUT2D eigenvalue weighted by atomic mass is 32.1. The number of aryl methyl sites for hydroxylation is 1. The molecule has 0 aliphatic heterocycles. The summed E-state index contributed by atoms with van der Waals surface area (Å²) in [7, 11) is 1.60. The van der Waals surface area contributed by atoms with Crippen molar-refractivity contribution in [2.24, 2.45) is 0 Å². The standard InChI is InChI=1S/C27H28N4O5S/c1-5-7-19-8-10-22(24(15-19)33-4)35-12-13-36-23-11-9-20(16-25(23)34-6-2)14-21(17-28)26(32)29-27-31-30-18(3)37-27/h5,8-11,14-16H,1,6-7,12-13H2,2-4H3,(H,29,31,32). The molecular formula is C27H28N4O5S. The summed E-state index contributed by atoms with van der Waals surface area (Å²) in [5, 5.41) is 20.8. The number of methoxy groups -OCH3 is 1. The fourth-order valence-electron chi connectivity index (χ4n) is 3.26. The van der Waals surface area contributed by atoms with E-state index in [1.165, 1.54) is 17.4 Å². The van der Waals surface area contributed by atoms with E-state index in [-0.39, 0.29) is 18.8 Å². The van der Waals surface area contributed by atoms with Gasteiger partial charge >= 0.3 is 0 Å². The first kappa shape index (κ1) is 27.2. The Balaban J connectivity index is 1.65. The lowest BCUT2D eigenvalue weighted by molar-refractivity contribution is -0.112. The zero-order valence-corrected chi connectivity index (χ0v) is 21.8. The van der Waals surface area contributed by atoms with E-state index in [2.05, 4.69) is 22.1 Å². The van der Waals surface area contributed by atoms with Gasteiger partial charge in [-0.1, -0.05) is 29.5 Å². The van der Waals surface area contributed by atoms with Crippen molar-refractivity contribution in [2.75, 3.05) is 32.2 Å². The molecule has 2 aromatic carbocycles. The van der Waals surface area contributed by atoms with Gasteiger partial charge in [-0.2, -0.15) is 5.26 Å². The number of carbonyl (C=O) groups excluding carboxylic acids is 1. The monoisotopic (exact) mass is 520 g/mol. The molecule has 0 bridgehead atoms. The number of hydrogen-bond acceptors (Lipinski definition) is 9. The van der Waals surface area contributed by atoms with Gasteiger partial charge in [0.1, 0.15) is 29.9 Å². The number of ether oxygens (including phenoxy) is 4. The van der Waals surface area contributed by atoms with Crippen molar-refractivity contribution in [3.05, 3.63) is 70.8 Å². The van der Waals surface area contributed by atoms with Gasteiger partial charge in [0.05, 0.1) is 13.7 Å². The van der Waals surface area contributed by atoms with E-state index in [9.17, 15) is 10.1 Å². The average Bonchev–Trinajstić information content (AvgIpc) is 3.31. The molecule has 1 heterocycles. The highest BCUT2D eigenvalue weighted by molar-refractivity contribution is 7.15. The Kier molecular flexibility index (Phi) is 10.0. The Hall–Kier alpha value is -4.36. The van der Waals surface area contributed by atoms with Gasteiger partial charge in [0.15, 0.2) is 23.0 Å². The van der Waals surface area contributed by atoms with E-state index in [0.717, 1.165) is 12.0 Å². The fourth-order valence-corrected chi connectivity index (χ4v) is 3.84. The highest BCUT2D eigenvalue weighted by Crippen LogP contribution is 2.31. The lowest BCUT2D eigenvalue weighted by Crippen LogP contribution is -2.13. The second kappa shape index (κ2) is 13.7. The molecule has 10 heteroatoms. The summed E-state index contributed by atoms with van der Waals surface area (Å²) < 4.78 is 22.9. The number of nitrogens with one attached hydrogen (secondary N) is 1. The van der Waals surface area contributed by atoms with Crippen molar-refractivity contribution in [2.45, 2.75) is 20.3 Å². The molecule has 9 nitrogen and oxygen atoms in total. The SMILES string of the molecule is C=CCc1ccc(OCCOc2ccc(C=C(C#N)C(=O)Nc3nnc(C)s3)cc2OCC)c(OC)c1. The van der Waals surface area contributed by atoms with Gasteiger partial charge in [-0.15, -0.1) is 16.8 Å². The smallest absolute Gasteiger partial charge is 0.268 e. The van der Waals surface area contributed by atoms with Gasteiger partial charge in [0, 0.05) is 0 Å². The van der Waals surface area contributed by atoms with Crippen LogP contribution in [0.3, 0.4) is 0 Å². The molecule has 1 aromatic heterocycles. The molecule has 0 unspecified atom stereocenters. The average molecular weight is 521 g/mol. The molecule has 0 saturated carbocycles. The van der Waals surface area contributed by atoms with Crippen LogP contribution in [0.1, 0.15) is 23.1 Å². The van der Waals surface area contributed by atoms with Crippen LogP contribution in [-0.4, -0.2) is 43.0 Å². The van der Waals surface area contributed by atoms with Crippen LogP contribution < -0.4 is 24.3 Å². The predicted octanol–water partition coefficient (Wildman–Crippen LogP) is 4.99. The summed E-state index contributed by atoms with van der Waals surface area (Å²) in [4.78, 5) is 12.5. The van der Waals surface area contributed by atoms with E-state index < -0.39 is 5.91 Å². The Morgan fingerprint density at radius 3 is 2.43 bits per heavy atom. The van der Waals surface area contributed by atoms with Crippen molar-refractivity contribution in [1.29, 1.82) is 5.26 Å². The number of nitriles is 1. The van der Waals surface area contributed by atoms with Crippen LogP contribution in [0.25, 0.3) is 6.08 Å².